The van der Waals surface area contributed by atoms with Crippen LogP contribution in [0, 0.1) is 0 Å². The largest absolute Gasteiger partial charge is 0.416 e. The molecule has 34 heavy (non-hydrogen) atoms. The van der Waals surface area contributed by atoms with Crippen molar-refractivity contribution in [2.75, 3.05) is 6.54 Å². The summed E-state index contributed by atoms with van der Waals surface area (Å²) in [5.41, 5.74) is 2.95. The highest BCUT2D eigenvalue weighted by Crippen LogP contribution is 2.37. The number of halogens is 8. The minimum absolute atomic E-state index is 0.0288. The summed E-state index contributed by atoms with van der Waals surface area (Å²) in [7, 11) is 0. The predicted molar refractivity (Wildman–Crippen MR) is 115 cm³/mol. The molecule has 3 N–H and O–H groups in total. The Morgan fingerprint density at radius 3 is 2.21 bits per heavy atom. The maximum atomic E-state index is 13.0. The molecule has 12 heteroatoms. The molecular weight excluding hydrogens is 507 g/mol. The van der Waals surface area contributed by atoms with E-state index >= 15 is 0 Å². The van der Waals surface area contributed by atoms with E-state index in [-0.39, 0.29) is 22.8 Å². The number of likely N-dealkylation sites (tertiary alicyclic amines) is 1. The number of nitrogens with two attached hydrogens (primary N) is 1. The van der Waals surface area contributed by atoms with E-state index in [1.54, 1.807) is 24.3 Å². The maximum Gasteiger partial charge on any atom is 0.416 e. The molecule has 1 heterocycles. The molecule has 0 spiro atoms. The van der Waals surface area contributed by atoms with Gasteiger partial charge in [-0.15, -0.1) is 0 Å². The van der Waals surface area contributed by atoms with Crippen LogP contribution in [0.1, 0.15) is 41.1 Å². The number of hydrogen-bond acceptors (Lipinski definition) is 3. The molecule has 1 unspecified atom stereocenters. The Hall–Kier alpha value is -2.59. The zero-order valence-corrected chi connectivity index (χ0v) is 18.9. The lowest BCUT2D eigenvalue weighted by Crippen LogP contribution is -2.36. The number of nitrogens with zero attached hydrogens (tertiary/aromatic N) is 1. The van der Waals surface area contributed by atoms with Gasteiger partial charge in [0.2, 0.25) is 0 Å². The second kappa shape index (κ2) is 9.95. The second-order valence-corrected chi connectivity index (χ2v) is 8.46. The first-order valence-electron chi connectivity index (χ1n) is 10.0. The number of amides is 1. The van der Waals surface area contributed by atoms with Crippen molar-refractivity contribution in [2.45, 2.75) is 37.8 Å². The zero-order chi connectivity index (χ0) is 25.3. The molecule has 1 saturated heterocycles. The van der Waals surface area contributed by atoms with E-state index in [1.807, 2.05) is 0 Å². The summed E-state index contributed by atoms with van der Waals surface area (Å²) in [6.07, 6.45) is -8.63. The first kappa shape index (κ1) is 26.0. The van der Waals surface area contributed by atoms with Gasteiger partial charge in [0.1, 0.15) is 10.9 Å². The van der Waals surface area contributed by atoms with Crippen LogP contribution in [-0.4, -0.2) is 17.4 Å². The van der Waals surface area contributed by atoms with Crippen molar-refractivity contribution in [3.8, 4) is 0 Å². The predicted octanol–water partition coefficient (Wildman–Crippen LogP) is 6.20. The lowest BCUT2D eigenvalue weighted by Gasteiger charge is -2.26. The van der Waals surface area contributed by atoms with Gasteiger partial charge in [-0.25, -0.2) is 0 Å². The number of benzene rings is 2. The summed E-state index contributed by atoms with van der Waals surface area (Å²) in [5.74, 6) is -0.625. The highest BCUT2D eigenvalue weighted by atomic mass is 35.5. The van der Waals surface area contributed by atoms with Gasteiger partial charge in [0, 0.05) is 18.1 Å². The minimum Gasteiger partial charge on any atom is -0.392 e. The Bertz CT molecular complexity index is 1070. The molecule has 184 valence electrons. The number of hydrogen-bond donors (Lipinski definition) is 2. The molecule has 3 rings (SSSR count). The van der Waals surface area contributed by atoms with Crippen molar-refractivity contribution in [1.82, 2.24) is 10.2 Å². The van der Waals surface area contributed by atoms with Crippen LogP contribution in [0.25, 0.3) is 0 Å². The summed E-state index contributed by atoms with van der Waals surface area (Å²) >= 11 is 12.3. The van der Waals surface area contributed by atoms with Crippen LogP contribution < -0.4 is 11.1 Å². The molecule has 2 aromatic rings. The monoisotopic (exact) mass is 525 g/mol. The molecule has 1 atom stereocenters. The van der Waals surface area contributed by atoms with E-state index in [4.69, 9.17) is 28.9 Å². The van der Waals surface area contributed by atoms with Crippen molar-refractivity contribution in [3.05, 3.63) is 80.6 Å². The van der Waals surface area contributed by atoms with Gasteiger partial charge >= 0.3 is 12.4 Å². The lowest BCUT2D eigenvalue weighted by molar-refractivity contribution is -0.143. The standard InChI is InChI=1S/C22H19Cl2F6N3O/c23-16-5-2-1-4-15(16)17-6-3-7-33(17)20(34)18(31)19(24)32-11-12-8-13(21(25,26)27)10-14(9-12)22(28,29)30/h1-2,4-5,8-10,17,32H,3,6-7,11,31H2/b19-18-. The molecule has 0 aliphatic carbocycles. The minimum atomic E-state index is -4.98. The Kier molecular flexibility index (Phi) is 7.62. The summed E-state index contributed by atoms with van der Waals surface area (Å²) in [4.78, 5) is 14.4. The molecule has 0 saturated carbocycles. The summed E-state index contributed by atoms with van der Waals surface area (Å²) in [6, 6.07) is 7.82. The Morgan fingerprint density at radius 2 is 1.65 bits per heavy atom. The van der Waals surface area contributed by atoms with Crippen LogP contribution in [0.15, 0.2) is 53.3 Å². The summed E-state index contributed by atoms with van der Waals surface area (Å²) < 4.78 is 78.3. The van der Waals surface area contributed by atoms with Crippen molar-refractivity contribution >= 4 is 29.1 Å². The Morgan fingerprint density at radius 1 is 1.06 bits per heavy atom. The number of carbonyl (C=O) groups excluding carboxylic acids is 1. The van der Waals surface area contributed by atoms with Gasteiger partial charge in [0.05, 0.1) is 17.2 Å². The lowest BCUT2D eigenvalue weighted by atomic mass is 10.0. The van der Waals surface area contributed by atoms with E-state index in [0.29, 0.717) is 36.5 Å². The molecule has 1 aliphatic heterocycles. The third-order valence-corrected chi connectivity index (χ3v) is 6.02. The Labute approximate surface area is 201 Å². The van der Waals surface area contributed by atoms with Crippen molar-refractivity contribution in [1.29, 1.82) is 0 Å². The van der Waals surface area contributed by atoms with Crippen molar-refractivity contribution in [2.24, 2.45) is 5.73 Å². The zero-order valence-electron chi connectivity index (χ0n) is 17.4. The number of alkyl halides is 6. The van der Waals surface area contributed by atoms with Crippen LogP contribution >= 0.6 is 23.2 Å². The third kappa shape index (κ3) is 5.90. The number of carbonyl (C=O) groups is 1. The van der Waals surface area contributed by atoms with E-state index in [1.165, 1.54) is 4.90 Å². The molecule has 2 aromatic carbocycles. The topological polar surface area (TPSA) is 58.4 Å². The SMILES string of the molecule is N/C(C(=O)N1CCCC1c1ccccc1Cl)=C(/Cl)NCc1cc(C(F)(F)F)cc(C(F)(F)F)c1. The quantitative estimate of drug-likeness (QED) is 0.277. The average Bonchev–Trinajstić information content (AvgIpc) is 3.25. The molecule has 1 amide bonds. The maximum absolute atomic E-state index is 13.0. The molecule has 1 fully saturated rings. The Balaban J connectivity index is 1.80. The van der Waals surface area contributed by atoms with Gasteiger partial charge in [-0.2, -0.15) is 26.3 Å². The van der Waals surface area contributed by atoms with Gasteiger partial charge in [-0.05, 0) is 48.2 Å². The van der Waals surface area contributed by atoms with Crippen LogP contribution in [-0.2, 0) is 23.7 Å². The second-order valence-electron chi connectivity index (χ2n) is 7.67. The van der Waals surface area contributed by atoms with Crippen LogP contribution in [0.2, 0.25) is 5.02 Å². The molecule has 0 bridgehead atoms. The van der Waals surface area contributed by atoms with Crippen LogP contribution in [0.3, 0.4) is 0 Å². The highest BCUT2D eigenvalue weighted by Gasteiger charge is 2.37. The fraction of sp³-hybridized carbons (Fsp3) is 0.318. The van der Waals surface area contributed by atoms with Crippen LogP contribution in [0.5, 0.6) is 0 Å². The molecule has 4 nitrogen and oxygen atoms in total. The van der Waals surface area contributed by atoms with E-state index in [2.05, 4.69) is 5.32 Å². The first-order valence-corrected chi connectivity index (χ1v) is 10.8. The molecule has 0 radical (unpaired) electrons. The molecular formula is C22H19Cl2F6N3O. The van der Waals surface area contributed by atoms with Gasteiger partial charge in [-0.1, -0.05) is 41.4 Å². The fourth-order valence-corrected chi connectivity index (χ4v) is 4.13. The van der Waals surface area contributed by atoms with Crippen molar-refractivity contribution < 1.29 is 31.1 Å². The smallest absolute Gasteiger partial charge is 0.392 e. The highest BCUT2D eigenvalue weighted by molar-refractivity contribution is 6.32. The van der Waals surface area contributed by atoms with E-state index < -0.39 is 41.6 Å². The average molecular weight is 526 g/mol. The molecule has 1 aliphatic rings. The normalized spacial score (nSPS) is 17.5. The van der Waals surface area contributed by atoms with Gasteiger partial charge < -0.3 is 16.0 Å². The first-order chi connectivity index (χ1) is 15.8. The number of nitrogens with one attached hydrogen (secondary N) is 1. The van der Waals surface area contributed by atoms with Gasteiger partial charge in [0.25, 0.3) is 5.91 Å². The van der Waals surface area contributed by atoms with E-state index in [0.717, 1.165) is 5.56 Å². The van der Waals surface area contributed by atoms with E-state index in [9.17, 15) is 31.1 Å². The van der Waals surface area contributed by atoms with Crippen LogP contribution in [0.4, 0.5) is 26.3 Å². The summed E-state index contributed by atoms with van der Waals surface area (Å²) in [5, 5.41) is 2.53. The fourth-order valence-electron chi connectivity index (χ4n) is 3.72. The van der Waals surface area contributed by atoms with Crippen molar-refractivity contribution in [3.63, 3.8) is 0 Å². The van der Waals surface area contributed by atoms with Gasteiger partial charge in [0.15, 0.2) is 0 Å². The molecule has 0 aromatic heterocycles. The number of rotatable bonds is 5. The van der Waals surface area contributed by atoms with Gasteiger partial charge in [-0.3, -0.25) is 4.79 Å². The summed E-state index contributed by atoms with van der Waals surface area (Å²) in [6.45, 7) is -0.143. The third-order valence-electron chi connectivity index (χ3n) is 5.34.